The van der Waals surface area contributed by atoms with Gasteiger partial charge in [0.15, 0.2) is 0 Å². The minimum Gasteiger partial charge on any atom is -0.328 e. The molecule has 0 bridgehead atoms. The van der Waals surface area contributed by atoms with E-state index in [1.54, 1.807) is 0 Å². The Morgan fingerprint density at radius 3 is 2.83 bits per heavy atom. The van der Waals surface area contributed by atoms with Gasteiger partial charge in [0, 0.05) is 25.3 Å². The Balaban J connectivity index is 0.00000192. The van der Waals surface area contributed by atoms with Crippen LogP contribution in [0.4, 0.5) is 0 Å². The van der Waals surface area contributed by atoms with E-state index in [2.05, 4.69) is 58.9 Å². The van der Waals surface area contributed by atoms with Gasteiger partial charge in [0.25, 0.3) is 0 Å². The lowest BCUT2D eigenvalue weighted by atomic mass is 9.92. The molecule has 0 spiro atoms. The molecule has 1 fully saturated rings. The molecule has 2 N–H and O–H groups in total. The smallest absolute Gasteiger partial charge is 0.0678 e. The molecular formula is C18H27ClN4. The van der Waals surface area contributed by atoms with Crippen LogP contribution < -0.4 is 5.73 Å². The van der Waals surface area contributed by atoms with E-state index in [1.165, 1.54) is 29.8 Å². The van der Waals surface area contributed by atoms with Crippen molar-refractivity contribution in [3.05, 3.63) is 47.8 Å². The molecule has 126 valence electrons. The average Bonchev–Trinajstić information content (AvgIpc) is 2.96. The van der Waals surface area contributed by atoms with Crippen LogP contribution in [0, 0.1) is 12.8 Å². The zero-order valence-corrected chi connectivity index (χ0v) is 14.8. The number of aromatic nitrogens is 2. The summed E-state index contributed by atoms with van der Waals surface area (Å²) in [5.74, 6) is 0.614. The summed E-state index contributed by atoms with van der Waals surface area (Å²) in [7, 11) is 0. The van der Waals surface area contributed by atoms with Gasteiger partial charge in [-0.3, -0.25) is 4.90 Å². The van der Waals surface area contributed by atoms with Crippen molar-refractivity contribution >= 4 is 12.4 Å². The van der Waals surface area contributed by atoms with Crippen molar-refractivity contribution in [1.82, 2.24) is 14.7 Å². The first-order valence-electron chi connectivity index (χ1n) is 8.22. The van der Waals surface area contributed by atoms with E-state index in [9.17, 15) is 0 Å². The first-order chi connectivity index (χ1) is 10.6. The summed E-state index contributed by atoms with van der Waals surface area (Å²) in [5.41, 5.74) is 9.77. The number of likely N-dealkylation sites (tertiary alicyclic amines) is 1. The van der Waals surface area contributed by atoms with Gasteiger partial charge in [-0.1, -0.05) is 18.2 Å². The molecule has 5 heteroatoms. The van der Waals surface area contributed by atoms with Crippen LogP contribution in [0.2, 0.25) is 0 Å². The molecule has 0 radical (unpaired) electrons. The van der Waals surface area contributed by atoms with Crippen molar-refractivity contribution in [2.75, 3.05) is 13.1 Å². The molecule has 0 aliphatic carbocycles. The van der Waals surface area contributed by atoms with Crippen molar-refractivity contribution in [2.45, 2.75) is 39.3 Å². The first-order valence-corrected chi connectivity index (χ1v) is 8.22. The van der Waals surface area contributed by atoms with E-state index in [4.69, 9.17) is 5.73 Å². The second-order valence-electron chi connectivity index (χ2n) is 6.52. The molecule has 1 aromatic carbocycles. The second kappa shape index (κ2) is 7.95. The number of benzene rings is 1. The molecular weight excluding hydrogens is 308 g/mol. The summed E-state index contributed by atoms with van der Waals surface area (Å²) in [6.07, 6.45) is 4.39. The molecule has 3 rings (SSSR count). The van der Waals surface area contributed by atoms with Gasteiger partial charge in [0.1, 0.15) is 0 Å². The van der Waals surface area contributed by atoms with Gasteiger partial charge in [-0.25, -0.2) is 4.68 Å². The van der Waals surface area contributed by atoms with Gasteiger partial charge in [0.05, 0.1) is 11.4 Å². The molecule has 2 unspecified atom stereocenters. The molecule has 0 saturated carbocycles. The van der Waals surface area contributed by atoms with E-state index < -0.39 is 0 Å². The number of hydrogen-bond donors (Lipinski definition) is 1. The molecule has 2 aromatic rings. The standard InChI is InChI=1S/C18H26N4.ClH/c1-14-6-3-4-8-18(14)22-17(9-10-20-22)13-21-11-5-7-16(12-21)15(2)19;/h3-4,6,8-10,15-16H,5,7,11-13,19H2,1-2H3;1H. The van der Waals surface area contributed by atoms with Crippen LogP contribution in [0.15, 0.2) is 36.5 Å². The topological polar surface area (TPSA) is 47.1 Å². The fourth-order valence-electron chi connectivity index (χ4n) is 3.36. The fraction of sp³-hybridized carbons (Fsp3) is 0.500. The van der Waals surface area contributed by atoms with Crippen LogP contribution in [0.5, 0.6) is 0 Å². The summed E-state index contributed by atoms with van der Waals surface area (Å²) < 4.78 is 2.07. The minimum absolute atomic E-state index is 0. The predicted molar refractivity (Wildman–Crippen MR) is 97.2 cm³/mol. The molecule has 0 amide bonds. The van der Waals surface area contributed by atoms with E-state index in [0.29, 0.717) is 5.92 Å². The number of nitrogens with two attached hydrogens (primary N) is 1. The normalized spacial score (nSPS) is 20.0. The van der Waals surface area contributed by atoms with Crippen molar-refractivity contribution in [2.24, 2.45) is 11.7 Å². The number of aryl methyl sites for hydroxylation is 1. The summed E-state index contributed by atoms with van der Waals surface area (Å²) in [6, 6.07) is 10.8. The van der Waals surface area contributed by atoms with Crippen LogP contribution in [-0.4, -0.2) is 33.8 Å². The summed E-state index contributed by atoms with van der Waals surface area (Å²) in [5, 5.41) is 4.53. The number of nitrogens with zero attached hydrogens (tertiary/aromatic N) is 3. The third-order valence-electron chi connectivity index (χ3n) is 4.74. The second-order valence-corrected chi connectivity index (χ2v) is 6.52. The SMILES string of the molecule is Cc1ccccc1-n1nccc1CN1CCCC(C(C)N)C1.Cl. The molecule has 1 aliphatic heterocycles. The molecule has 1 aromatic heterocycles. The summed E-state index contributed by atoms with van der Waals surface area (Å²) in [4.78, 5) is 2.52. The predicted octanol–water partition coefficient (Wildman–Crippen LogP) is 3.16. The third kappa shape index (κ3) is 4.14. The van der Waals surface area contributed by atoms with E-state index in [1.807, 2.05) is 6.20 Å². The van der Waals surface area contributed by atoms with E-state index >= 15 is 0 Å². The van der Waals surface area contributed by atoms with Crippen molar-refractivity contribution in [3.8, 4) is 5.69 Å². The fourth-order valence-corrected chi connectivity index (χ4v) is 3.36. The first kappa shape index (κ1) is 18.0. The molecule has 23 heavy (non-hydrogen) atoms. The lowest BCUT2D eigenvalue weighted by molar-refractivity contribution is 0.152. The van der Waals surface area contributed by atoms with Crippen LogP contribution in [0.25, 0.3) is 5.69 Å². The Bertz CT molecular complexity index is 623. The van der Waals surface area contributed by atoms with Crippen molar-refractivity contribution in [3.63, 3.8) is 0 Å². The lowest BCUT2D eigenvalue weighted by Gasteiger charge is -2.34. The minimum atomic E-state index is 0. The Morgan fingerprint density at radius 1 is 1.30 bits per heavy atom. The van der Waals surface area contributed by atoms with Crippen LogP contribution >= 0.6 is 12.4 Å². The van der Waals surface area contributed by atoms with Gasteiger partial charge < -0.3 is 5.73 Å². The Morgan fingerprint density at radius 2 is 2.09 bits per heavy atom. The average molecular weight is 335 g/mol. The zero-order valence-electron chi connectivity index (χ0n) is 14.0. The molecule has 4 nitrogen and oxygen atoms in total. The number of piperidine rings is 1. The highest BCUT2D eigenvalue weighted by molar-refractivity contribution is 5.85. The third-order valence-corrected chi connectivity index (χ3v) is 4.74. The summed E-state index contributed by atoms with van der Waals surface area (Å²) in [6.45, 7) is 7.45. The van der Waals surface area contributed by atoms with Crippen molar-refractivity contribution < 1.29 is 0 Å². The Kier molecular flexibility index (Phi) is 6.22. The van der Waals surface area contributed by atoms with Gasteiger partial charge in [-0.2, -0.15) is 5.10 Å². The van der Waals surface area contributed by atoms with E-state index in [-0.39, 0.29) is 18.4 Å². The highest BCUT2D eigenvalue weighted by Gasteiger charge is 2.23. The molecule has 2 atom stereocenters. The zero-order chi connectivity index (χ0) is 15.5. The van der Waals surface area contributed by atoms with Gasteiger partial charge in [-0.05, 0) is 56.8 Å². The molecule has 1 saturated heterocycles. The highest BCUT2D eigenvalue weighted by Crippen LogP contribution is 2.22. The maximum Gasteiger partial charge on any atom is 0.0678 e. The quantitative estimate of drug-likeness (QED) is 0.934. The van der Waals surface area contributed by atoms with Crippen LogP contribution in [-0.2, 0) is 6.54 Å². The number of halogens is 1. The van der Waals surface area contributed by atoms with Gasteiger partial charge >= 0.3 is 0 Å². The van der Waals surface area contributed by atoms with Crippen molar-refractivity contribution in [1.29, 1.82) is 0 Å². The van der Waals surface area contributed by atoms with Gasteiger partial charge in [0.2, 0.25) is 0 Å². The molecule has 2 heterocycles. The number of para-hydroxylation sites is 1. The monoisotopic (exact) mass is 334 g/mol. The van der Waals surface area contributed by atoms with E-state index in [0.717, 1.165) is 19.6 Å². The largest absolute Gasteiger partial charge is 0.328 e. The molecule has 1 aliphatic rings. The summed E-state index contributed by atoms with van der Waals surface area (Å²) >= 11 is 0. The Labute approximate surface area is 145 Å². The maximum absolute atomic E-state index is 6.10. The van der Waals surface area contributed by atoms with Crippen LogP contribution in [0.1, 0.15) is 31.0 Å². The highest BCUT2D eigenvalue weighted by atomic mass is 35.5. The van der Waals surface area contributed by atoms with Gasteiger partial charge in [-0.15, -0.1) is 12.4 Å². The number of hydrogen-bond acceptors (Lipinski definition) is 3. The lowest BCUT2D eigenvalue weighted by Crippen LogP contribution is -2.42. The number of rotatable bonds is 4. The maximum atomic E-state index is 6.10. The Hall–Kier alpha value is -1.36. The van der Waals surface area contributed by atoms with Crippen LogP contribution in [0.3, 0.4) is 0 Å².